The predicted molar refractivity (Wildman–Crippen MR) is 112 cm³/mol. The molecule has 0 spiro atoms. The van der Waals surface area contributed by atoms with Crippen molar-refractivity contribution in [3.63, 3.8) is 0 Å². The zero-order valence-electron chi connectivity index (χ0n) is 15.6. The van der Waals surface area contributed by atoms with Crippen molar-refractivity contribution in [1.82, 2.24) is 24.4 Å². The minimum atomic E-state index is -0.173. The molecule has 0 saturated heterocycles. The maximum atomic E-state index is 12.8. The van der Waals surface area contributed by atoms with Crippen molar-refractivity contribution in [2.45, 2.75) is 43.4 Å². The highest BCUT2D eigenvalue weighted by Crippen LogP contribution is 2.33. The van der Waals surface area contributed by atoms with E-state index in [1.165, 1.54) is 22.2 Å². The minimum absolute atomic E-state index is 0.0205. The van der Waals surface area contributed by atoms with Crippen LogP contribution in [0.2, 0.25) is 0 Å². The number of nitrogens with one attached hydrogen (secondary N) is 1. The van der Waals surface area contributed by atoms with Crippen molar-refractivity contribution in [3.8, 4) is 0 Å². The Hall–Kier alpha value is -2.46. The van der Waals surface area contributed by atoms with E-state index in [9.17, 15) is 14.4 Å². The van der Waals surface area contributed by atoms with E-state index in [-0.39, 0.29) is 29.5 Å². The standard InChI is InChI=1S/C19H19N5O3S2/c25-15(20-5-6-23-10-21-14-4-7-28-16(14)18(23)27)8-11-9-29-19-22-13-3-1-2-12(13)17(26)24(11)19/h4,7,10-11H,1-3,5-6,8-9H2,(H,20,25). The number of hydrogen-bond acceptors (Lipinski definition) is 7. The summed E-state index contributed by atoms with van der Waals surface area (Å²) in [5, 5.41) is 5.44. The van der Waals surface area contributed by atoms with E-state index in [2.05, 4.69) is 15.3 Å². The summed E-state index contributed by atoms with van der Waals surface area (Å²) in [6, 6.07) is 1.64. The molecule has 5 rings (SSSR count). The van der Waals surface area contributed by atoms with Crippen LogP contribution in [-0.4, -0.2) is 37.3 Å². The van der Waals surface area contributed by atoms with Crippen LogP contribution in [0.15, 0.2) is 32.5 Å². The number of aryl methyl sites for hydroxylation is 1. The van der Waals surface area contributed by atoms with Crippen LogP contribution in [0.3, 0.4) is 0 Å². The van der Waals surface area contributed by atoms with Gasteiger partial charge in [0.1, 0.15) is 4.70 Å². The number of amides is 1. The normalized spacial score (nSPS) is 17.4. The quantitative estimate of drug-likeness (QED) is 0.615. The van der Waals surface area contributed by atoms with E-state index in [0.29, 0.717) is 29.1 Å². The van der Waals surface area contributed by atoms with Crippen molar-refractivity contribution >= 4 is 39.2 Å². The molecule has 3 aromatic rings. The number of carbonyl (C=O) groups is 1. The van der Waals surface area contributed by atoms with Crippen molar-refractivity contribution in [2.75, 3.05) is 12.3 Å². The summed E-state index contributed by atoms with van der Waals surface area (Å²) < 4.78 is 3.84. The van der Waals surface area contributed by atoms with Gasteiger partial charge in [-0.15, -0.1) is 11.3 Å². The topological polar surface area (TPSA) is 98.9 Å². The third kappa shape index (κ3) is 3.29. The molecule has 0 bridgehead atoms. The van der Waals surface area contributed by atoms with Crippen molar-refractivity contribution in [2.24, 2.45) is 0 Å². The highest BCUT2D eigenvalue weighted by atomic mass is 32.2. The largest absolute Gasteiger partial charge is 0.354 e. The van der Waals surface area contributed by atoms with Gasteiger partial charge in [-0.05, 0) is 30.7 Å². The van der Waals surface area contributed by atoms with E-state index < -0.39 is 0 Å². The summed E-state index contributed by atoms with van der Waals surface area (Å²) in [5.74, 6) is 0.547. The van der Waals surface area contributed by atoms with Crippen LogP contribution < -0.4 is 16.4 Å². The highest BCUT2D eigenvalue weighted by molar-refractivity contribution is 7.99. The monoisotopic (exact) mass is 429 g/mol. The van der Waals surface area contributed by atoms with Gasteiger partial charge in [0, 0.05) is 30.8 Å². The summed E-state index contributed by atoms with van der Waals surface area (Å²) in [5.41, 5.74) is 2.38. The third-order valence-electron chi connectivity index (χ3n) is 5.40. The number of fused-ring (bicyclic) bond motifs is 3. The first-order valence-electron chi connectivity index (χ1n) is 9.58. The molecule has 10 heteroatoms. The molecule has 29 heavy (non-hydrogen) atoms. The number of thiophene rings is 1. The molecule has 1 N–H and O–H groups in total. The number of nitrogens with zero attached hydrogens (tertiary/aromatic N) is 4. The molecule has 0 aromatic carbocycles. The van der Waals surface area contributed by atoms with Crippen LogP contribution in [0.25, 0.3) is 10.2 Å². The van der Waals surface area contributed by atoms with Crippen LogP contribution >= 0.6 is 23.1 Å². The Bertz CT molecular complexity index is 1230. The Labute approximate surface area is 174 Å². The van der Waals surface area contributed by atoms with Gasteiger partial charge in [0.15, 0.2) is 5.16 Å². The van der Waals surface area contributed by atoms with Gasteiger partial charge in [0.25, 0.3) is 11.1 Å². The molecule has 0 fully saturated rings. The SMILES string of the molecule is O=C(CC1CSc2nc3c(c(=O)n21)CCC3)NCCn1cnc2ccsc2c1=O. The van der Waals surface area contributed by atoms with E-state index in [1.807, 2.05) is 11.4 Å². The summed E-state index contributed by atoms with van der Waals surface area (Å²) in [7, 11) is 0. The first-order chi connectivity index (χ1) is 14.1. The molecule has 0 radical (unpaired) electrons. The van der Waals surface area contributed by atoms with Gasteiger partial charge in [-0.1, -0.05) is 11.8 Å². The van der Waals surface area contributed by atoms with E-state index in [4.69, 9.17) is 0 Å². The first-order valence-corrected chi connectivity index (χ1v) is 11.4. The summed E-state index contributed by atoms with van der Waals surface area (Å²) in [6.45, 7) is 0.692. The fraction of sp³-hybridized carbons (Fsp3) is 0.421. The molecular formula is C19H19N5O3S2. The Morgan fingerprint density at radius 3 is 3.07 bits per heavy atom. The van der Waals surface area contributed by atoms with E-state index in [1.54, 1.807) is 16.3 Å². The number of thioether (sulfide) groups is 1. The van der Waals surface area contributed by atoms with Gasteiger partial charge in [0.05, 0.1) is 23.6 Å². The number of carbonyl (C=O) groups excluding carboxylic acids is 1. The van der Waals surface area contributed by atoms with Crippen LogP contribution in [0.1, 0.15) is 30.1 Å². The molecule has 1 atom stereocenters. The lowest BCUT2D eigenvalue weighted by Gasteiger charge is -2.14. The highest BCUT2D eigenvalue weighted by Gasteiger charge is 2.31. The molecule has 1 amide bonds. The lowest BCUT2D eigenvalue weighted by Crippen LogP contribution is -2.34. The van der Waals surface area contributed by atoms with Gasteiger partial charge in [-0.3, -0.25) is 23.5 Å². The predicted octanol–water partition coefficient (Wildman–Crippen LogP) is 1.36. The van der Waals surface area contributed by atoms with Crippen LogP contribution in [-0.2, 0) is 24.2 Å². The van der Waals surface area contributed by atoms with Crippen LogP contribution in [0.4, 0.5) is 0 Å². The van der Waals surface area contributed by atoms with Crippen molar-refractivity contribution < 1.29 is 4.79 Å². The van der Waals surface area contributed by atoms with E-state index in [0.717, 1.165) is 35.7 Å². The molecular weight excluding hydrogens is 410 g/mol. The zero-order chi connectivity index (χ0) is 20.0. The first kappa shape index (κ1) is 18.6. The maximum absolute atomic E-state index is 12.8. The average Bonchev–Trinajstić information content (AvgIpc) is 3.44. The van der Waals surface area contributed by atoms with Gasteiger partial charge >= 0.3 is 0 Å². The van der Waals surface area contributed by atoms with Crippen LogP contribution in [0.5, 0.6) is 0 Å². The summed E-state index contributed by atoms with van der Waals surface area (Å²) in [4.78, 5) is 46.5. The van der Waals surface area contributed by atoms with Gasteiger partial charge in [-0.2, -0.15) is 0 Å². The van der Waals surface area contributed by atoms with Gasteiger partial charge < -0.3 is 5.32 Å². The van der Waals surface area contributed by atoms with Crippen LogP contribution in [0, 0.1) is 0 Å². The second kappa shape index (κ2) is 7.42. The fourth-order valence-electron chi connectivity index (χ4n) is 3.94. The molecule has 0 saturated carbocycles. The molecule has 150 valence electrons. The third-order valence-corrected chi connectivity index (χ3v) is 7.39. The molecule has 1 aliphatic carbocycles. The van der Waals surface area contributed by atoms with Crippen molar-refractivity contribution in [1.29, 1.82) is 0 Å². The Morgan fingerprint density at radius 1 is 1.28 bits per heavy atom. The lowest BCUT2D eigenvalue weighted by molar-refractivity contribution is -0.121. The molecule has 8 nitrogen and oxygen atoms in total. The molecule has 4 heterocycles. The second-order valence-electron chi connectivity index (χ2n) is 7.25. The Balaban J connectivity index is 1.23. The maximum Gasteiger partial charge on any atom is 0.271 e. The molecule has 2 aliphatic rings. The smallest absolute Gasteiger partial charge is 0.271 e. The molecule has 1 aliphatic heterocycles. The summed E-state index contributed by atoms with van der Waals surface area (Å²) in [6.07, 6.45) is 4.37. The minimum Gasteiger partial charge on any atom is -0.354 e. The van der Waals surface area contributed by atoms with Gasteiger partial charge in [0.2, 0.25) is 5.91 Å². The Morgan fingerprint density at radius 2 is 2.17 bits per heavy atom. The molecule has 1 unspecified atom stereocenters. The fourth-order valence-corrected chi connectivity index (χ4v) is 5.89. The molecule has 3 aromatic heterocycles. The second-order valence-corrected chi connectivity index (χ2v) is 9.15. The van der Waals surface area contributed by atoms with Crippen molar-refractivity contribution in [3.05, 3.63) is 49.7 Å². The Kier molecular flexibility index (Phi) is 4.75. The lowest BCUT2D eigenvalue weighted by atomic mass is 10.2. The average molecular weight is 430 g/mol. The number of rotatable bonds is 5. The van der Waals surface area contributed by atoms with Gasteiger partial charge in [-0.25, -0.2) is 9.97 Å². The zero-order valence-corrected chi connectivity index (χ0v) is 17.2. The number of aromatic nitrogens is 4. The summed E-state index contributed by atoms with van der Waals surface area (Å²) >= 11 is 2.91. The number of hydrogen-bond donors (Lipinski definition) is 1. The van der Waals surface area contributed by atoms with E-state index >= 15 is 0 Å².